The Kier molecular flexibility index (Phi) is 4.60. The number of benzene rings is 2. The zero-order valence-electron chi connectivity index (χ0n) is 15.6. The molecule has 4 rings (SSSR count). The lowest BCUT2D eigenvalue weighted by molar-refractivity contribution is -0.116. The molecule has 1 amide bonds. The number of halogens is 1. The number of rotatable bonds is 5. The number of hydrogen-bond donors (Lipinski definition) is 1. The van der Waals surface area contributed by atoms with Crippen LogP contribution in [0.3, 0.4) is 0 Å². The second-order valence-electron chi connectivity index (χ2n) is 6.61. The van der Waals surface area contributed by atoms with Gasteiger partial charge in [0.1, 0.15) is 17.9 Å². The van der Waals surface area contributed by atoms with E-state index in [1.165, 1.54) is 12.1 Å². The number of para-hydroxylation sites is 1. The van der Waals surface area contributed by atoms with Gasteiger partial charge in [0.05, 0.1) is 29.1 Å². The highest BCUT2D eigenvalue weighted by Crippen LogP contribution is 2.21. The summed E-state index contributed by atoms with van der Waals surface area (Å²) in [6.45, 7) is 4.29. The number of nitrogens with one attached hydrogen (secondary N) is 1. The van der Waals surface area contributed by atoms with Crippen LogP contribution in [0.4, 0.5) is 10.1 Å². The van der Waals surface area contributed by atoms with Gasteiger partial charge >= 0.3 is 0 Å². The van der Waals surface area contributed by atoms with E-state index in [1.54, 1.807) is 21.5 Å². The molecule has 4 aromatic rings. The number of hydrogen-bond acceptors (Lipinski definition) is 4. The van der Waals surface area contributed by atoms with Crippen LogP contribution in [0.25, 0.3) is 11.0 Å². The second-order valence-corrected chi connectivity index (χ2v) is 6.61. The number of anilines is 1. The summed E-state index contributed by atoms with van der Waals surface area (Å²) in [4.78, 5) is 12.6. The molecule has 1 N–H and O–H groups in total. The fourth-order valence-electron chi connectivity index (χ4n) is 3.14. The Bertz CT molecular complexity index is 1150. The standard InChI is InChI=1S/C20H19FN6O/c1-13-20(14(2)26(24-13)11-15-7-9-16(21)10-8-15)22-19(28)12-27-18-6-4-3-5-17(18)23-25-27/h3-10H,11-12H2,1-2H3,(H,22,28). The van der Waals surface area contributed by atoms with Crippen LogP contribution in [0.2, 0.25) is 0 Å². The van der Waals surface area contributed by atoms with Gasteiger partial charge in [-0.2, -0.15) is 5.10 Å². The summed E-state index contributed by atoms with van der Waals surface area (Å²) in [6, 6.07) is 13.8. The molecule has 0 aliphatic rings. The van der Waals surface area contributed by atoms with Crippen molar-refractivity contribution < 1.29 is 9.18 Å². The number of amides is 1. The first-order valence-corrected chi connectivity index (χ1v) is 8.88. The summed E-state index contributed by atoms with van der Waals surface area (Å²) < 4.78 is 16.5. The van der Waals surface area contributed by atoms with Crippen molar-refractivity contribution in [1.82, 2.24) is 24.8 Å². The van der Waals surface area contributed by atoms with E-state index in [2.05, 4.69) is 20.7 Å². The third-order valence-electron chi connectivity index (χ3n) is 4.61. The highest BCUT2D eigenvalue weighted by molar-refractivity contribution is 5.92. The van der Waals surface area contributed by atoms with Gasteiger partial charge in [-0.3, -0.25) is 9.48 Å². The lowest BCUT2D eigenvalue weighted by Gasteiger charge is -2.08. The van der Waals surface area contributed by atoms with E-state index in [9.17, 15) is 9.18 Å². The average Bonchev–Trinajstić information content (AvgIpc) is 3.20. The molecule has 7 nitrogen and oxygen atoms in total. The molecule has 0 saturated heterocycles. The van der Waals surface area contributed by atoms with Crippen molar-refractivity contribution >= 4 is 22.6 Å². The molecule has 0 unspecified atom stereocenters. The van der Waals surface area contributed by atoms with Gasteiger partial charge in [0.15, 0.2) is 0 Å². The Labute approximate surface area is 160 Å². The Morgan fingerprint density at radius 2 is 1.82 bits per heavy atom. The molecule has 0 fully saturated rings. The molecular weight excluding hydrogens is 359 g/mol. The molecule has 142 valence electrons. The Balaban J connectivity index is 1.50. The molecule has 0 radical (unpaired) electrons. The van der Waals surface area contributed by atoms with E-state index >= 15 is 0 Å². The van der Waals surface area contributed by atoms with Crippen LogP contribution in [-0.4, -0.2) is 30.7 Å². The van der Waals surface area contributed by atoms with E-state index < -0.39 is 0 Å². The Hall–Kier alpha value is -3.55. The Morgan fingerprint density at radius 1 is 1.07 bits per heavy atom. The summed E-state index contributed by atoms with van der Waals surface area (Å²) in [6.07, 6.45) is 0. The molecule has 0 bridgehead atoms. The van der Waals surface area contributed by atoms with Crippen molar-refractivity contribution in [3.05, 3.63) is 71.3 Å². The third-order valence-corrected chi connectivity index (χ3v) is 4.61. The van der Waals surface area contributed by atoms with Crippen LogP contribution in [0, 0.1) is 19.7 Å². The molecule has 0 aliphatic heterocycles. The first-order valence-electron chi connectivity index (χ1n) is 8.88. The highest BCUT2D eigenvalue weighted by Gasteiger charge is 2.16. The normalized spacial score (nSPS) is 11.1. The quantitative estimate of drug-likeness (QED) is 0.579. The second kappa shape index (κ2) is 7.22. The maximum Gasteiger partial charge on any atom is 0.246 e. The third kappa shape index (κ3) is 3.48. The van der Waals surface area contributed by atoms with Gasteiger partial charge in [-0.15, -0.1) is 5.10 Å². The van der Waals surface area contributed by atoms with Gasteiger partial charge in [0.25, 0.3) is 0 Å². The zero-order valence-corrected chi connectivity index (χ0v) is 15.6. The topological polar surface area (TPSA) is 77.6 Å². The van der Waals surface area contributed by atoms with Crippen LogP contribution in [0.15, 0.2) is 48.5 Å². The van der Waals surface area contributed by atoms with E-state index in [0.717, 1.165) is 28.0 Å². The van der Waals surface area contributed by atoms with Crippen LogP contribution in [0.5, 0.6) is 0 Å². The predicted octanol–water partition coefficient (Wildman–Crippen LogP) is 3.07. The monoisotopic (exact) mass is 378 g/mol. The fraction of sp³-hybridized carbons (Fsp3) is 0.200. The van der Waals surface area contributed by atoms with Gasteiger partial charge in [0.2, 0.25) is 5.91 Å². The van der Waals surface area contributed by atoms with E-state index in [0.29, 0.717) is 12.2 Å². The number of aromatic nitrogens is 5. The molecule has 8 heteroatoms. The van der Waals surface area contributed by atoms with Gasteiger partial charge in [-0.25, -0.2) is 9.07 Å². The molecule has 2 aromatic heterocycles. The van der Waals surface area contributed by atoms with Crippen LogP contribution < -0.4 is 5.32 Å². The molecular formula is C20H19FN6O. The molecule has 0 spiro atoms. The summed E-state index contributed by atoms with van der Waals surface area (Å²) in [5, 5.41) is 15.5. The predicted molar refractivity (Wildman–Crippen MR) is 103 cm³/mol. The van der Waals surface area contributed by atoms with Gasteiger partial charge < -0.3 is 5.32 Å². The van der Waals surface area contributed by atoms with Gasteiger partial charge in [0, 0.05) is 0 Å². The van der Waals surface area contributed by atoms with Crippen LogP contribution in [-0.2, 0) is 17.9 Å². The van der Waals surface area contributed by atoms with Crippen molar-refractivity contribution in [2.45, 2.75) is 26.9 Å². The van der Waals surface area contributed by atoms with E-state index in [-0.39, 0.29) is 18.3 Å². The van der Waals surface area contributed by atoms with Crippen molar-refractivity contribution in [3.63, 3.8) is 0 Å². The fourth-order valence-corrected chi connectivity index (χ4v) is 3.14. The largest absolute Gasteiger partial charge is 0.321 e. The average molecular weight is 378 g/mol. The van der Waals surface area contributed by atoms with E-state index in [1.807, 2.05) is 38.1 Å². The van der Waals surface area contributed by atoms with Crippen molar-refractivity contribution in [2.24, 2.45) is 0 Å². The van der Waals surface area contributed by atoms with E-state index in [4.69, 9.17) is 0 Å². The van der Waals surface area contributed by atoms with Crippen molar-refractivity contribution in [3.8, 4) is 0 Å². The van der Waals surface area contributed by atoms with Crippen molar-refractivity contribution in [2.75, 3.05) is 5.32 Å². The summed E-state index contributed by atoms with van der Waals surface area (Å²) in [7, 11) is 0. The molecule has 2 aromatic carbocycles. The number of fused-ring (bicyclic) bond motifs is 1. The molecule has 28 heavy (non-hydrogen) atoms. The summed E-state index contributed by atoms with van der Waals surface area (Å²) in [5.74, 6) is -0.478. The number of carbonyl (C=O) groups is 1. The lowest BCUT2D eigenvalue weighted by Crippen LogP contribution is -2.20. The highest BCUT2D eigenvalue weighted by atomic mass is 19.1. The van der Waals surface area contributed by atoms with Crippen molar-refractivity contribution in [1.29, 1.82) is 0 Å². The van der Waals surface area contributed by atoms with Crippen LogP contribution >= 0.6 is 0 Å². The minimum Gasteiger partial charge on any atom is -0.321 e. The Morgan fingerprint density at radius 3 is 2.61 bits per heavy atom. The van der Waals surface area contributed by atoms with Crippen LogP contribution in [0.1, 0.15) is 17.0 Å². The maximum atomic E-state index is 13.1. The maximum absolute atomic E-state index is 13.1. The van der Waals surface area contributed by atoms with Gasteiger partial charge in [-0.1, -0.05) is 29.5 Å². The molecule has 0 aliphatic carbocycles. The first kappa shape index (κ1) is 17.8. The number of carbonyl (C=O) groups excluding carboxylic acids is 1. The van der Waals surface area contributed by atoms with Gasteiger partial charge in [-0.05, 0) is 43.7 Å². The SMILES string of the molecule is Cc1nn(Cc2ccc(F)cc2)c(C)c1NC(=O)Cn1nnc2ccccc21. The summed E-state index contributed by atoms with van der Waals surface area (Å²) in [5.41, 5.74) is 4.71. The number of nitrogens with zero attached hydrogens (tertiary/aromatic N) is 5. The summed E-state index contributed by atoms with van der Waals surface area (Å²) >= 11 is 0. The zero-order chi connectivity index (χ0) is 19.7. The molecule has 0 atom stereocenters. The lowest BCUT2D eigenvalue weighted by atomic mass is 10.2. The first-order chi connectivity index (χ1) is 13.5. The minimum atomic E-state index is -0.272. The minimum absolute atomic E-state index is 0.0581. The smallest absolute Gasteiger partial charge is 0.246 e. The molecule has 0 saturated carbocycles. The number of aryl methyl sites for hydroxylation is 1. The molecule has 2 heterocycles.